The molecule has 0 aromatic heterocycles. The average molecular weight is 453 g/mol. The van der Waals surface area contributed by atoms with E-state index in [1.54, 1.807) is 23.1 Å². The molecule has 0 radical (unpaired) electrons. The first-order chi connectivity index (χ1) is 13.8. The Morgan fingerprint density at radius 2 is 1.79 bits per heavy atom. The van der Waals surface area contributed by atoms with Crippen molar-refractivity contribution in [2.45, 2.75) is 44.7 Å². The van der Waals surface area contributed by atoms with Crippen LogP contribution >= 0.6 is 35.0 Å². The normalized spacial score (nSPS) is 11.8. The van der Waals surface area contributed by atoms with E-state index in [1.165, 1.54) is 17.3 Å². The number of amides is 2. The van der Waals surface area contributed by atoms with Gasteiger partial charge in [-0.05, 0) is 50.1 Å². The summed E-state index contributed by atoms with van der Waals surface area (Å²) in [7, 11) is 0. The summed E-state index contributed by atoms with van der Waals surface area (Å²) >= 11 is 13.8. The average Bonchev–Trinajstić information content (AvgIpc) is 2.69. The highest BCUT2D eigenvalue weighted by Gasteiger charge is 2.28. The summed E-state index contributed by atoms with van der Waals surface area (Å²) in [5, 5.41) is 3.84. The van der Waals surface area contributed by atoms with Crippen LogP contribution in [0.2, 0.25) is 10.0 Å². The van der Waals surface area contributed by atoms with Crippen LogP contribution in [0.4, 0.5) is 0 Å². The van der Waals surface area contributed by atoms with Crippen LogP contribution in [-0.2, 0) is 16.1 Å². The van der Waals surface area contributed by atoms with E-state index in [-0.39, 0.29) is 24.1 Å². The Bertz CT molecular complexity index is 843. The molecule has 0 saturated carbocycles. The fraction of sp³-hybridized carbons (Fsp3) is 0.364. The van der Waals surface area contributed by atoms with Crippen molar-refractivity contribution in [2.75, 3.05) is 12.3 Å². The summed E-state index contributed by atoms with van der Waals surface area (Å²) in [6, 6.07) is 12.6. The Balaban J connectivity index is 2.22. The Kier molecular flexibility index (Phi) is 9.34. The number of halogens is 2. The zero-order chi connectivity index (χ0) is 21.4. The van der Waals surface area contributed by atoms with Gasteiger partial charge in [-0.2, -0.15) is 0 Å². The third-order valence-electron chi connectivity index (χ3n) is 4.48. The van der Waals surface area contributed by atoms with E-state index < -0.39 is 6.04 Å². The van der Waals surface area contributed by atoms with Crippen LogP contribution in [0.1, 0.15) is 31.4 Å². The molecule has 4 nitrogen and oxygen atoms in total. The molecule has 0 heterocycles. The maximum absolute atomic E-state index is 13.1. The number of carbonyl (C=O) groups excluding carboxylic acids is 2. The number of hydrogen-bond donors (Lipinski definition) is 1. The summed E-state index contributed by atoms with van der Waals surface area (Å²) < 4.78 is 0. The summed E-state index contributed by atoms with van der Waals surface area (Å²) in [6.45, 7) is 6.54. The van der Waals surface area contributed by atoms with Crippen LogP contribution in [0, 0.1) is 6.92 Å². The predicted octanol–water partition coefficient (Wildman–Crippen LogP) is 5.34. The molecule has 0 fully saturated rings. The van der Waals surface area contributed by atoms with Gasteiger partial charge in [0.2, 0.25) is 11.8 Å². The van der Waals surface area contributed by atoms with Gasteiger partial charge in [-0.1, -0.05) is 53.9 Å². The van der Waals surface area contributed by atoms with Crippen molar-refractivity contribution in [1.29, 1.82) is 0 Å². The van der Waals surface area contributed by atoms with Crippen LogP contribution in [0.25, 0.3) is 0 Å². The first-order valence-corrected chi connectivity index (χ1v) is 11.3. The number of nitrogens with one attached hydrogen (secondary N) is 1. The molecule has 156 valence electrons. The second kappa shape index (κ2) is 11.5. The third-order valence-corrected chi connectivity index (χ3v) is 6.06. The minimum Gasteiger partial charge on any atom is -0.355 e. The lowest BCUT2D eigenvalue weighted by atomic mass is 10.1. The number of carbonyl (C=O) groups is 2. The van der Waals surface area contributed by atoms with Gasteiger partial charge in [-0.3, -0.25) is 9.59 Å². The number of hydrogen-bond acceptors (Lipinski definition) is 3. The Morgan fingerprint density at radius 3 is 2.38 bits per heavy atom. The lowest BCUT2D eigenvalue weighted by molar-refractivity contribution is -0.139. The van der Waals surface area contributed by atoms with E-state index >= 15 is 0 Å². The van der Waals surface area contributed by atoms with Gasteiger partial charge in [0.25, 0.3) is 0 Å². The molecule has 1 atom stereocenters. The van der Waals surface area contributed by atoms with Crippen molar-refractivity contribution in [3.8, 4) is 0 Å². The van der Waals surface area contributed by atoms with Crippen molar-refractivity contribution in [3.05, 3.63) is 63.6 Å². The van der Waals surface area contributed by atoms with Gasteiger partial charge in [0.1, 0.15) is 6.04 Å². The number of nitrogens with zero attached hydrogens (tertiary/aromatic N) is 1. The van der Waals surface area contributed by atoms with Crippen molar-refractivity contribution in [2.24, 2.45) is 0 Å². The number of likely N-dealkylation sites (N-methyl/N-ethyl adjacent to an activating group) is 1. The van der Waals surface area contributed by atoms with Gasteiger partial charge >= 0.3 is 0 Å². The zero-order valence-electron chi connectivity index (χ0n) is 16.9. The largest absolute Gasteiger partial charge is 0.355 e. The van der Waals surface area contributed by atoms with Crippen molar-refractivity contribution < 1.29 is 9.59 Å². The van der Waals surface area contributed by atoms with Gasteiger partial charge in [-0.15, -0.1) is 11.8 Å². The molecule has 2 aromatic rings. The van der Waals surface area contributed by atoms with Gasteiger partial charge < -0.3 is 10.2 Å². The minimum atomic E-state index is -0.562. The SMILES string of the molecule is CCNC(=O)[C@H](CC)N(Cc1ccc(Cl)cc1Cl)C(=O)CSc1ccc(C)cc1. The molecular formula is C22H26Cl2N2O2S. The Morgan fingerprint density at radius 1 is 1.10 bits per heavy atom. The van der Waals surface area contributed by atoms with Crippen molar-refractivity contribution in [1.82, 2.24) is 10.2 Å². The van der Waals surface area contributed by atoms with Gasteiger partial charge in [0.05, 0.1) is 5.75 Å². The maximum Gasteiger partial charge on any atom is 0.242 e. The van der Waals surface area contributed by atoms with E-state index in [1.807, 2.05) is 45.0 Å². The van der Waals surface area contributed by atoms with E-state index in [0.29, 0.717) is 23.0 Å². The standard InChI is InChI=1S/C22H26Cl2N2O2S/c1-4-20(22(28)25-5-2)26(13-16-8-9-17(23)12-19(16)24)21(27)14-29-18-10-6-15(3)7-11-18/h6-12,20H,4-5,13-14H2,1-3H3,(H,25,28)/t20-/m0/s1. The molecule has 0 spiro atoms. The highest BCUT2D eigenvalue weighted by Crippen LogP contribution is 2.25. The molecule has 2 rings (SSSR count). The van der Waals surface area contributed by atoms with E-state index in [9.17, 15) is 9.59 Å². The third kappa shape index (κ3) is 6.95. The fourth-order valence-electron chi connectivity index (χ4n) is 2.91. The van der Waals surface area contributed by atoms with E-state index in [0.717, 1.165) is 10.5 Å². The molecule has 0 saturated heterocycles. The molecule has 2 aromatic carbocycles. The summed E-state index contributed by atoms with van der Waals surface area (Å²) in [4.78, 5) is 28.4. The lowest BCUT2D eigenvalue weighted by Gasteiger charge is -2.30. The van der Waals surface area contributed by atoms with Crippen molar-refractivity contribution >= 4 is 46.8 Å². The second-order valence-corrected chi connectivity index (χ2v) is 8.57. The minimum absolute atomic E-state index is 0.111. The molecule has 0 aliphatic carbocycles. The smallest absolute Gasteiger partial charge is 0.242 e. The zero-order valence-corrected chi connectivity index (χ0v) is 19.2. The van der Waals surface area contributed by atoms with Crippen molar-refractivity contribution in [3.63, 3.8) is 0 Å². The number of rotatable bonds is 9. The molecule has 0 bridgehead atoms. The molecule has 0 unspecified atom stereocenters. The molecule has 0 aliphatic heterocycles. The molecule has 1 N–H and O–H groups in total. The van der Waals surface area contributed by atoms with Crippen LogP contribution < -0.4 is 5.32 Å². The van der Waals surface area contributed by atoms with Crippen LogP contribution in [0.15, 0.2) is 47.4 Å². The molecule has 0 aliphatic rings. The van der Waals surface area contributed by atoms with Gasteiger partial charge in [0.15, 0.2) is 0 Å². The van der Waals surface area contributed by atoms with Gasteiger partial charge in [0, 0.05) is 28.0 Å². The number of thioether (sulfide) groups is 1. The van der Waals surface area contributed by atoms with E-state index in [4.69, 9.17) is 23.2 Å². The molecule has 2 amide bonds. The summed E-state index contributed by atoms with van der Waals surface area (Å²) in [5.74, 6) is -0.0297. The number of aryl methyl sites for hydroxylation is 1. The molecule has 7 heteroatoms. The lowest BCUT2D eigenvalue weighted by Crippen LogP contribution is -2.49. The van der Waals surface area contributed by atoms with Gasteiger partial charge in [-0.25, -0.2) is 0 Å². The molecule has 29 heavy (non-hydrogen) atoms. The quantitative estimate of drug-likeness (QED) is 0.522. The molecular weight excluding hydrogens is 427 g/mol. The topological polar surface area (TPSA) is 49.4 Å². The first kappa shape index (κ1) is 23.6. The highest BCUT2D eigenvalue weighted by molar-refractivity contribution is 8.00. The number of benzene rings is 2. The Labute approximate surface area is 187 Å². The highest BCUT2D eigenvalue weighted by atomic mass is 35.5. The summed E-state index contributed by atoms with van der Waals surface area (Å²) in [5.41, 5.74) is 1.93. The van der Waals surface area contributed by atoms with Crippen LogP contribution in [0.3, 0.4) is 0 Å². The maximum atomic E-state index is 13.1. The van der Waals surface area contributed by atoms with Crippen LogP contribution in [-0.4, -0.2) is 35.1 Å². The summed E-state index contributed by atoms with van der Waals surface area (Å²) in [6.07, 6.45) is 0.512. The Hall–Kier alpha value is -1.69. The monoisotopic (exact) mass is 452 g/mol. The first-order valence-electron chi connectivity index (χ1n) is 9.56. The van der Waals surface area contributed by atoms with Crippen LogP contribution in [0.5, 0.6) is 0 Å². The van der Waals surface area contributed by atoms with E-state index in [2.05, 4.69) is 5.32 Å². The second-order valence-electron chi connectivity index (χ2n) is 6.68. The fourth-order valence-corrected chi connectivity index (χ4v) is 4.16. The predicted molar refractivity (Wildman–Crippen MR) is 122 cm³/mol.